The Bertz CT molecular complexity index is 567. The van der Waals surface area contributed by atoms with Gasteiger partial charge in [0.15, 0.2) is 0 Å². The molecule has 2 aromatic rings. The van der Waals surface area contributed by atoms with Crippen molar-refractivity contribution >= 4 is 11.6 Å². The third-order valence-corrected chi connectivity index (χ3v) is 3.44. The second-order valence-electron chi connectivity index (χ2n) is 4.72. The van der Waals surface area contributed by atoms with Gasteiger partial charge in [-0.05, 0) is 50.6 Å². The van der Waals surface area contributed by atoms with Crippen LogP contribution >= 0.6 is 11.6 Å². The highest BCUT2D eigenvalue weighted by molar-refractivity contribution is 6.31. The standard InChI is InChI=1S/C15H17ClFNO/c1-9-4-7-15(19-9)11(3)18-10(2)13-6-5-12(17)8-14(13)16/h4-8,10-11,18H,1-3H3. The summed E-state index contributed by atoms with van der Waals surface area (Å²) in [5, 5.41) is 3.82. The van der Waals surface area contributed by atoms with E-state index in [0.717, 1.165) is 17.1 Å². The fraction of sp³-hybridized carbons (Fsp3) is 0.333. The molecule has 1 heterocycles. The SMILES string of the molecule is Cc1ccc(C(C)NC(C)c2ccc(F)cc2Cl)o1. The molecule has 0 bridgehead atoms. The summed E-state index contributed by atoms with van der Waals surface area (Å²) in [5.41, 5.74) is 0.873. The second kappa shape index (κ2) is 5.76. The van der Waals surface area contributed by atoms with E-state index < -0.39 is 0 Å². The molecule has 0 spiro atoms. The predicted molar refractivity (Wildman–Crippen MR) is 74.8 cm³/mol. The Labute approximate surface area is 117 Å². The predicted octanol–water partition coefficient (Wildman–Crippen LogP) is 4.79. The maximum absolute atomic E-state index is 13.0. The Hall–Kier alpha value is -1.32. The third-order valence-electron chi connectivity index (χ3n) is 3.12. The van der Waals surface area contributed by atoms with Crippen molar-refractivity contribution in [2.24, 2.45) is 0 Å². The first kappa shape index (κ1) is 14.1. The van der Waals surface area contributed by atoms with Gasteiger partial charge in [0.1, 0.15) is 17.3 Å². The van der Waals surface area contributed by atoms with Crippen molar-refractivity contribution in [2.45, 2.75) is 32.9 Å². The Morgan fingerprint density at radius 1 is 1.16 bits per heavy atom. The third kappa shape index (κ3) is 3.37. The van der Waals surface area contributed by atoms with Crippen LogP contribution in [0.5, 0.6) is 0 Å². The van der Waals surface area contributed by atoms with E-state index in [-0.39, 0.29) is 17.9 Å². The van der Waals surface area contributed by atoms with Gasteiger partial charge in [0.25, 0.3) is 0 Å². The van der Waals surface area contributed by atoms with E-state index in [2.05, 4.69) is 5.32 Å². The van der Waals surface area contributed by atoms with Gasteiger partial charge in [-0.25, -0.2) is 4.39 Å². The van der Waals surface area contributed by atoms with Gasteiger partial charge in [0.2, 0.25) is 0 Å². The molecule has 0 aliphatic rings. The molecule has 4 heteroatoms. The molecule has 1 aromatic heterocycles. The summed E-state index contributed by atoms with van der Waals surface area (Å²) in [6, 6.07) is 8.40. The minimum atomic E-state index is -0.323. The number of benzene rings is 1. The van der Waals surface area contributed by atoms with E-state index in [1.807, 2.05) is 32.9 Å². The zero-order valence-corrected chi connectivity index (χ0v) is 12.0. The van der Waals surface area contributed by atoms with Crippen LogP contribution in [0.4, 0.5) is 4.39 Å². The smallest absolute Gasteiger partial charge is 0.124 e. The Balaban J connectivity index is 2.10. The summed E-state index contributed by atoms with van der Waals surface area (Å²) in [6.07, 6.45) is 0. The fourth-order valence-electron chi connectivity index (χ4n) is 2.09. The lowest BCUT2D eigenvalue weighted by Gasteiger charge is -2.20. The summed E-state index contributed by atoms with van der Waals surface area (Å²) in [4.78, 5) is 0. The lowest BCUT2D eigenvalue weighted by atomic mass is 10.1. The number of halogens is 2. The van der Waals surface area contributed by atoms with Gasteiger partial charge in [0, 0.05) is 11.1 Å². The molecule has 19 heavy (non-hydrogen) atoms. The topological polar surface area (TPSA) is 25.2 Å². The van der Waals surface area contributed by atoms with Crippen molar-refractivity contribution in [3.63, 3.8) is 0 Å². The van der Waals surface area contributed by atoms with Crippen LogP contribution in [0.25, 0.3) is 0 Å². The number of aryl methyl sites for hydroxylation is 1. The number of hydrogen-bond acceptors (Lipinski definition) is 2. The largest absolute Gasteiger partial charge is 0.465 e. The lowest BCUT2D eigenvalue weighted by Crippen LogP contribution is -2.22. The second-order valence-corrected chi connectivity index (χ2v) is 5.13. The molecule has 2 nitrogen and oxygen atoms in total. The molecule has 0 saturated carbocycles. The molecule has 0 aliphatic heterocycles. The number of nitrogens with one attached hydrogen (secondary N) is 1. The number of rotatable bonds is 4. The van der Waals surface area contributed by atoms with Crippen LogP contribution in [0.15, 0.2) is 34.7 Å². The van der Waals surface area contributed by atoms with E-state index in [4.69, 9.17) is 16.0 Å². The highest BCUT2D eigenvalue weighted by Gasteiger charge is 2.16. The molecular formula is C15H17ClFNO. The quantitative estimate of drug-likeness (QED) is 0.871. The van der Waals surface area contributed by atoms with Crippen molar-refractivity contribution in [2.75, 3.05) is 0 Å². The highest BCUT2D eigenvalue weighted by atomic mass is 35.5. The van der Waals surface area contributed by atoms with E-state index in [0.29, 0.717) is 5.02 Å². The summed E-state index contributed by atoms with van der Waals surface area (Å²) < 4.78 is 18.6. The molecule has 0 amide bonds. The van der Waals surface area contributed by atoms with Crippen LogP contribution < -0.4 is 5.32 Å². The molecule has 0 radical (unpaired) electrons. The normalized spacial score (nSPS) is 14.4. The van der Waals surface area contributed by atoms with Gasteiger partial charge in [-0.1, -0.05) is 17.7 Å². The number of hydrogen-bond donors (Lipinski definition) is 1. The van der Waals surface area contributed by atoms with Crippen LogP contribution in [-0.2, 0) is 0 Å². The molecule has 2 atom stereocenters. The average Bonchev–Trinajstić information content (AvgIpc) is 2.75. The Kier molecular flexibility index (Phi) is 4.27. The van der Waals surface area contributed by atoms with Gasteiger partial charge < -0.3 is 9.73 Å². The number of furan rings is 1. The van der Waals surface area contributed by atoms with Crippen LogP contribution in [-0.4, -0.2) is 0 Å². The molecule has 1 N–H and O–H groups in total. The fourth-order valence-corrected chi connectivity index (χ4v) is 2.42. The minimum absolute atomic E-state index is 0.00788. The Morgan fingerprint density at radius 3 is 2.47 bits per heavy atom. The van der Waals surface area contributed by atoms with E-state index in [9.17, 15) is 4.39 Å². The van der Waals surface area contributed by atoms with Crippen LogP contribution in [0.3, 0.4) is 0 Å². The zero-order chi connectivity index (χ0) is 14.0. The van der Waals surface area contributed by atoms with E-state index in [1.165, 1.54) is 12.1 Å². The van der Waals surface area contributed by atoms with Crippen LogP contribution in [0, 0.1) is 12.7 Å². The molecule has 2 unspecified atom stereocenters. The van der Waals surface area contributed by atoms with Crippen molar-refractivity contribution in [3.05, 3.63) is 58.3 Å². The van der Waals surface area contributed by atoms with Crippen molar-refractivity contribution in [1.82, 2.24) is 5.32 Å². The first-order valence-electron chi connectivity index (χ1n) is 6.24. The molecule has 102 valence electrons. The summed E-state index contributed by atoms with van der Waals surface area (Å²) in [6.45, 7) is 5.92. The molecule has 0 fully saturated rings. The Morgan fingerprint density at radius 2 is 1.89 bits per heavy atom. The highest BCUT2D eigenvalue weighted by Crippen LogP contribution is 2.26. The zero-order valence-electron chi connectivity index (χ0n) is 11.2. The van der Waals surface area contributed by atoms with Gasteiger partial charge in [-0.2, -0.15) is 0 Å². The lowest BCUT2D eigenvalue weighted by molar-refractivity contribution is 0.392. The van der Waals surface area contributed by atoms with Crippen molar-refractivity contribution in [1.29, 1.82) is 0 Å². The summed E-state index contributed by atoms with van der Waals surface area (Å²) >= 11 is 6.05. The maximum Gasteiger partial charge on any atom is 0.124 e. The summed E-state index contributed by atoms with van der Waals surface area (Å²) in [5.74, 6) is 1.44. The van der Waals surface area contributed by atoms with Crippen molar-refractivity contribution in [3.8, 4) is 0 Å². The van der Waals surface area contributed by atoms with Gasteiger partial charge in [-0.3, -0.25) is 0 Å². The first-order valence-corrected chi connectivity index (χ1v) is 6.62. The minimum Gasteiger partial charge on any atom is -0.465 e. The molecule has 2 rings (SSSR count). The van der Waals surface area contributed by atoms with Gasteiger partial charge >= 0.3 is 0 Å². The molecule has 0 saturated heterocycles. The van der Waals surface area contributed by atoms with Crippen LogP contribution in [0.2, 0.25) is 5.02 Å². The van der Waals surface area contributed by atoms with Gasteiger partial charge in [0.05, 0.1) is 6.04 Å². The summed E-state index contributed by atoms with van der Waals surface area (Å²) in [7, 11) is 0. The molecule has 1 aromatic carbocycles. The molecular weight excluding hydrogens is 265 g/mol. The average molecular weight is 282 g/mol. The monoisotopic (exact) mass is 281 g/mol. The van der Waals surface area contributed by atoms with Gasteiger partial charge in [-0.15, -0.1) is 0 Å². The first-order chi connectivity index (χ1) is 8.97. The van der Waals surface area contributed by atoms with E-state index >= 15 is 0 Å². The van der Waals surface area contributed by atoms with Crippen molar-refractivity contribution < 1.29 is 8.81 Å². The maximum atomic E-state index is 13.0. The molecule has 0 aliphatic carbocycles. The van der Waals surface area contributed by atoms with Crippen LogP contribution in [0.1, 0.15) is 43.0 Å². The van der Waals surface area contributed by atoms with E-state index in [1.54, 1.807) is 6.07 Å².